The second kappa shape index (κ2) is 9.78. The lowest BCUT2D eigenvalue weighted by atomic mass is 9.88. The molecular formula is C28H31F2N7. The standard InChI is InChI=1S/C28H31F2N7/c1-35-18-23(16-33-35)20-4-2-5-21(12-20)27-31-14-22(15-32-27)24-17-34-37(19-24)26-7-3-6-25(13-26)36-10-8-28(29,30)9-11-36/h2,4-5,12,14-19,25-26H,3,6-11,13H2,1H3/t25-,26+/m1/s1. The van der Waals surface area contributed by atoms with Gasteiger partial charge in [0.2, 0.25) is 0 Å². The van der Waals surface area contributed by atoms with E-state index in [0.29, 0.717) is 25.0 Å². The van der Waals surface area contributed by atoms with Gasteiger partial charge in [0, 0.05) is 86.1 Å². The van der Waals surface area contributed by atoms with E-state index < -0.39 is 5.92 Å². The zero-order valence-electron chi connectivity index (χ0n) is 21.0. The Morgan fingerprint density at radius 1 is 0.811 bits per heavy atom. The third-order valence-electron chi connectivity index (χ3n) is 7.78. The number of benzene rings is 1. The van der Waals surface area contributed by atoms with E-state index in [1.165, 1.54) is 0 Å². The first kappa shape index (κ1) is 23.9. The molecule has 2 fully saturated rings. The zero-order chi connectivity index (χ0) is 25.4. The summed E-state index contributed by atoms with van der Waals surface area (Å²) in [5, 5.41) is 8.92. The number of likely N-dealkylation sites (tertiary alicyclic amines) is 1. The fourth-order valence-corrected chi connectivity index (χ4v) is 5.65. The molecule has 0 N–H and O–H groups in total. The molecule has 0 bridgehead atoms. The van der Waals surface area contributed by atoms with E-state index in [2.05, 4.69) is 43.4 Å². The second-order valence-electron chi connectivity index (χ2n) is 10.4. The Morgan fingerprint density at radius 2 is 1.51 bits per heavy atom. The molecule has 0 unspecified atom stereocenters. The molecule has 1 aliphatic carbocycles. The molecule has 192 valence electrons. The molecule has 0 radical (unpaired) electrons. The van der Waals surface area contributed by atoms with Crippen molar-refractivity contribution in [2.24, 2.45) is 7.05 Å². The monoisotopic (exact) mass is 503 g/mol. The topological polar surface area (TPSA) is 64.7 Å². The summed E-state index contributed by atoms with van der Waals surface area (Å²) in [5.74, 6) is -1.83. The van der Waals surface area contributed by atoms with Crippen LogP contribution in [0.5, 0.6) is 0 Å². The number of nitrogens with zero attached hydrogens (tertiary/aromatic N) is 7. The molecule has 1 saturated carbocycles. The number of halogens is 2. The normalized spacial score (nSPS) is 22.2. The first-order valence-corrected chi connectivity index (χ1v) is 13.0. The van der Waals surface area contributed by atoms with Crippen molar-refractivity contribution in [3.8, 4) is 33.6 Å². The van der Waals surface area contributed by atoms with Crippen molar-refractivity contribution in [2.45, 2.75) is 56.5 Å². The molecule has 0 amide bonds. The quantitative estimate of drug-likeness (QED) is 0.354. The molecule has 1 saturated heterocycles. The van der Waals surface area contributed by atoms with Crippen molar-refractivity contribution >= 4 is 0 Å². The Hall–Kier alpha value is -3.46. The van der Waals surface area contributed by atoms with E-state index in [4.69, 9.17) is 0 Å². The van der Waals surface area contributed by atoms with Crippen molar-refractivity contribution in [3.05, 3.63) is 61.4 Å². The first-order valence-electron chi connectivity index (χ1n) is 13.0. The predicted molar refractivity (Wildman–Crippen MR) is 138 cm³/mol. The lowest BCUT2D eigenvalue weighted by molar-refractivity contribution is -0.0671. The number of piperidine rings is 1. The highest BCUT2D eigenvalue weighted by atomic mass is 19.3. The molecule has 6 rings (SSSR count). The van der Waals surface area contributed by atoms with Crippen LogP contribution in [0.4, 0.5) is 8.78 Å². The summed E-state index contributed by atoms with van der Waals surface area (Å²) in [7, 11) is 1.90. The van der Waals surface area contributed by atoms with Gasteiger partial charge in [0.1, 0.15) is 0 Å². The van der Waals surface area contributed by atoms with E-state index in [9.17, 15) is 8.78 Å². The maximum atomic E-state index is 13.6. The van der Waals surface area contributed by atoms with Crippen molar-refractivity contribution in [2.75, 3.05) is 13.1 Å². The Kier molecular flexibility index (Phi) is 6.32. The highest BCUT2D eigenvalue weighted by molar-refractivity contribution is 5.70. The smallest absolute Gasteiger partial charge is 0.250 e. The first-order chi connectivity index (χ1) is 17.9. The summed E-state index contributed by atoms with van der Waals surface area (Å²) in [6, 6.07) is 8.78. The summed E-state index contributed by atoms with van der Waals surface area (Å²) < 4.78 is 31.0. The van der Waals surface area contributed by atoms with Gasteiger partial charge in [-0.05, 0) is 37.3 Å². The average Bonchev–Trinajstić information content (AvgIpc) is 3.59. The Morgan fingerprint density at radius 3 is 2.27 bits per heavy atom. The Labute approximate surface area is 215 Å². The van der Waals surface area contributed by atoms with Crippen molar-refractivity contribution in [1.82, 2.24) is 34.4 Å². The number of aromatic nitrogens is 6. The largest absolute Gasteiger partial charge is 0.300 e. The maximum Gasteiger partial charge on any atom is 0.250 e. The third-order valence-corrected chi connectivity index (χ3v) is 7.78. The summed E-state index contributed by atoms with van der Waals surface area (Å²) in [6.07, 6.45) is 15.6. The molecule has 2 atom stereocenters. The third kappa shape index (κ3) is 5.18. The van der Waals surface area contributed by atoms with Gasteiger partial charge in [-0.1, -0.05) is 18.2 Å². The van der Waals surface area contributed by atoms with Crippen LogP contribution in [0, 0.1) is 0 Å². The summed E-state index contributed by atoms with van der Waals surface area (Å²) >= 11 is 0. The van der Waals surface area contributed by atoms with E-state index in [1.54, 1.807) is 4.68 Å². The summed E-state index contributed by atoms with van der Waals surface area (Å²) in [6.45, 7) is 0.979. The van der Waals surface area contributed by atoms with E-state index >= 15 is 0 Å². The molecule has 1 aromatic carbocycles. The number of rotatable bonds is 5. The lowest BCUT2D eigenvalue weighted by Gasteiger charge is -2.41. The molecule has 1 aliphatic heterocycles. The minimum absolute atomic E-state index is 0.0240. The van der Waals surface area contributed by atoms with Gasteiger partial charge in [0.05, 0.1) is 18.4 Å². The van der Waals surface area contributed by atoms with Crippen LogP contribution in [0.1, 0.15) is 44.6 Å². The number of aryl methyl sites for hydroxylation is 1. The highest BCUT2D eigenvalue weighted by Gasteiger charge is 2.37. The zero-order valence-corrected chi connectivity index (χ0v) is 21.0. The summed E-state index contributed by atoms with van der Waals surface area (Å²) in [4.78, 5) is 11.5. The highest BCUT2D eigenvalue weighted by Crippen LogP contribution is 2.36. The van der Waals surface area contributed by atoms with Crippen LogP contribution in [0.2, 0.25) is 0 Å². The van der Waals surface area contributed by atoms with Gasteiger partial charge in [-0.25, -0.2) is 18.7 Å². The minimum Gasteiger partial charge on any atom is -0.300 e. The molecule has 37 heavy (non-hydrogen) atoms. The van der Waals surface area contributed by atoms with Crippen LogP contribution in [0.25, 0.3) is 33.6 Å². The molecule has 2 aliphatic rings. The van der Waals surface area contributed by atoms with Gasteiger partial charge >= 0.3 is 0 Å². The number of hydrogen-bond donors (Lipinski definition) is 0. The van der Waals surface area contributed by atoms with Gasteiger partial charge in [0.15, 0.2) is 5.82 Å². The van der Waals surface area contributed by atoms with Gasteiger partial charge in [-0.15, -0.1) is 0 Å². The fraction of sp³-hybridized carbons (Fsp3) is 0.429. The molecule has 3 aromatic heterocycles. The molecule has 4 heterocycles. The second-order valence-corrected chi connectivity index (χ2v) is 10.4. The van der Waals surface area contributed by atoms with E-state index in [1.807, 2.05) is 54.8 Å². The van der Waals surface area contributed by atoms with Crippen LogP contribution in [0.3, 0.4) is 0 Å². The van der Waals surface area contributed by atoms with Crippen molar-refractivity contribution in [1.29, 1.82) is 0 Å². The molecule has 9 heteroatoms. The van der Waals surface area contributed by atoms with Crippen LogP contribution in [-0.2, 0) is 7.05 Å². The SMILES string of the molecule is Cn1cc(-c2cccc(-c3ncc(-c4cnn([C@H]5CCC[C@@H](N6CCC(F)(F)CC6)C5)c4)cn3)c2)cn1. The van der Waals surface area contributed by atoms with Crippen molar-refractivity contribution in [3.63, 3.8) is 0 Å². The molecular weight excluding hydrogens is 472 g/mol. The van der Waals surface area contributed by atoms with Crippen LogP contribution in [-0.4, -0.2) is 59.5 Å². The average molecular weight is 504 g/mol. The Balaban J connectivity index is 1.14. The van der Waals surface area contributed by atoms with E-state index in [0.717, 1.165) is 53.5 Å². The van der Waals surface area contributed by atoms with Gasteiger partial charge < -0.3 is 0 Å². The predicted octanol–water partition coefficient (Wildman–Crippen LogP) is 5.62. The van der Waals surface area contributed by atoms with Gasteiger partial charge in [-0.3, -0.25) is 14.3 Å². The van der Waals surface area contributed by atoms with Crippen LogP contribution < -0.4 is 0 Å². The fourth-order valence-electron chi connectivity index (χ4n) is 5.65. The minimum atomic E-state index is -2.50. The number of alkyl halides is 2. The number of hydrogen-bond acceptors (Lipinski definition) is 5. The molecule has 4 aromatic rings. The summed E-state index contributed by atoms with van der Waals surface area (Å²) in [5.41, 5.74) is 4.98. The van der Waals surface area contributed by atoms with Gasteiger partial charge in [-0.2, -0.15) is 10.2 Å². The molecule has 7 nitrogen and oxygen atoms in total. The van der Waals surface area contributed by atoms with Crippen LogP contribution in [0.15, 0.2) is 61.4 Å². The van der Waals surface area contributed by atoms with E-state index in [-0.39, 0.29) is 18.9 Å². The Bertz CT molecular complexity index is 1350. The van der Waals surface area contributed by atoms with Gasteiger partial charge in [0.25, 0.3) is 5.92 Å². The lowest BCUT2D eigenvalue weighted by Crippen LogP contribution is -2.46. The molecule has 0 spiro atoms. The van der Waals surface area contributed by atoms with Crippen molar-refractivity contribution < 1.29 is 8.78 Å². The maximum absolute atomic E-state index is 13.6. The van der Waals surface area contributed by atoms with Crippen LogP contribution >= 0.6 is 0 Å².